The highest BCUT2D eigenvalue weighted by molar-refractivity contribution is 5.98. The zero-order valence-corrected chi connectivity index (χ0v) is 11.0. The van der Waals surface area contributed by atoms with E-state index in [2.05, 4.69) is 5.32 Å². The van der Waals surface area contributed by atoms with Gasteiger partial charge in [-0.05, 0) is 31.2 Å². The van der Waals surface area contributed by atoms with Crippen molar-refractivity contribution in [2.45, 2.75) is 25.2 Å². The van der Waals surface area contributed by atoms with Crippen molar-refractivity contribution in [1.29, 1.82) is 0 Å². The van der Waals surface area contributed by atoms with Gasteiger partial charge in [0.05, 0.1) is 11.7 Å². The lowest BCUT2D eigenvalue weighted by molar-refractivity contribution is -0.137. The van der Waals surface area contributed by atoms with Crippen molar-refractivity contribution in [3.63, 3.8) is 0 Å². The summed E-state index contributed by atoms with van der Waals surface area (Å²) in [5.74, 6) is -1.62. The number of rotatable bonds is 5. The van der Waals surface area contributed by atoms with Crippen molar-refractivity contribution in [1.82, 2.24) is 5.32 Å². The summed E-state index contributed by atoms with van der Waals surface area (Å²) in [6.07, 6.45) is -5.76. The minimum atomic E-state index is -4.51. The fraction of sp³-hybridized carbons (Fsp3) is 0.385. The Labute approximate surface area is 118 Å². The molecule has 3 N–H and O–H groups in total. The molecule has 21 heavy (non-hydrogen) atoms. The van der Waals surface area contributed by atoms with Gasteiger partial charge in [-0.2, -0.15) is 13.2 Å². The number of Topliss-reactive ketones (excluding diaryl/α,β-unsaturated/α-hetero) is 1. The van der Waals surface area contributed by atoms with Crippen molar-refractivity contribution < 1.29 is 33.0 Å². The maximum Gasteiger partial charge on any atom is 0.416 e. The number of nitrogens with one attached hydrogen (secondary N) is 1. The van der Waals surface area contributed by atoms with Crippen LogP contribution in [-0.2, 0) is 11.0 Å². The van der Waals surface area contributed by atoms with Gasteiger partial charge in [0, 0.05) is 5.56 Å². The van der Waals surface area contributed by atoms with E-state index in [1.807, 2.05) is 0 Å². The number of alkyl halides is 3. The molecule has 0 aliphatic heterocycles. The van der Waals surface area contributed by atoms with E-state index in [4.69, 9.17) is 5.11 Å². The molecule has 0 aliphatic rings. The molecule has 0 spiro atoms. The van der Waals surface area contributed by atoms with Crippen LogP contribution in [0.5, 0.6) is 0 Å². The molecule has 116 valence electrons. The number of aliphatic hydroxyl groups is 2. The first-order valence-corrected chi connectivity index (χ1v) is 5.96. The smallest absolute Gasteiger partial charge is 0.391 e. The second kappa shape index (κ2) is 6.68. The third-order valence-electron chi connectivity index (χ3n) is 2.75. The Bertz CT molecular complexity index is 511. The van der Waals surface area contributed by atoms with Gasteiger partial charge in [0.1, 0.15) is 12.6 Å². The van der Waals surface area contributed by atoms with Crippen molar-refractivity contribution >= 4 is 11.7 Å². The van der Waals surface area contributed by atoms with E-state index in [1.165, 1.54) is 6.92 Å². The second-order valence-electron chi connectivity index (χ2n) is 4.39. The first kappa shape index (κ1) is 17.1. The molecule has 1 aromatic carbocycles. The molecule has 2 atom stereocenters. The number of ketones is 1. The quantitative estimate of drug-likeness (QED) is 0.749. The van der Waals surface area contributed by atoms with Gasteiger partial charge >= 0.3 is 6.18 Å². The number of amides is 1. The Morgan fingerprint density at radius 2 is 1.76 bits per heavy atom. The van der Waals surface area contributed by atoms with E-state index in [0.717, 1.165) is 24.3 Å². The summed E-state index contributed by atoms with van der Waals surface area (Å²) in [4.78, 5) is 23.1. The van der Waals surface area contributed by atoms with Crippen LogP contribution in [0.15, 0.2) is 24.3 Å². The van der Waals surface area contributed by atoms with Crippen LogP contribution in [0.1, 0.15) is 22.8 Å². The third kappa shape index (κ3) is 4.54. The highest BCUT2D eigenvalue weighted by Gasteiger charge is 2.30. The molecule has 0 fully saturated rings. The summed E-state index contributed by atoms with van der Waals surface area (Å²) in [6.45, 7) is 0.369. The molecule has 1 rings (SSSR count). The second-order valence-corrected chi connectivity index (χ2v) is 4.39. The van der Waals surface area contributed by atoms with Gasteiger partial charge in [-0.3, -0.25) is 9.59 Å². The van der Waals surface area contributed by atoms with Crippen LogP contribution in [-0.4, -0.2) is 40.7 Å². The molecule has 0 bridgehead atoms. The molecule has 0 radical (unpaired) electrons. The average Bonchev–Trinajstić information content (AvgIpc) is 2.42. The van der Waals surface area contributed by atoms with E-state index in [1.54, 1.807) is 0 Å². The topological polar surface area (TPSA) is 86.6 Å². The maximum absolute atomic E-state index is 12.4. The van der Waals surface area contributed by atoms with Gasteiger partial charge in [0.2, 0.25) is 0 Å². The first-order chi connectivity index (χ1) is 9.66. The molecular formula is C13H14F3NO4. The van der Waals surface area contributed by atoms with Gasteiger partial charge < -0.3 is 15.5 Å². The summed E-state index contributed by atoms with van der Waals surface area (Å²) < 4.78 is 37.1. The molecule has 1 aromatic rings. The highest BCUT2D eigenvalue weighted by atomic mass is 19.4. The fourth-order valence-corrected chi connectivity index (χ4v) is 1.60. The van der Waals surface area contributed by atoms with Gasteiger partial charge in [-0.1, -0.05) is 0 Å². The Morgan fingerprint density at radius 3 is 2.14 bits per heavy atom. The van der Waals surface area contributed by atoms with E-state index < -0.39 is 42.2 Å². The highest BCUT2D eigenvalue weighted by Crippen LogP contribution is 2.29. The SMILES string of the molecule is C[C@@H](O)[C@H](NC(=O)c1ccc(C(F)(F)F)cc1)C(=O)CO. The number of halogens is 3. The van der Waals surface area contributed by atoms with E-state index >= 15 is 0 Å². The van der Waals surface area contributed by atoms with Crippen LogP contribution in [0.25, 0.3) is 0 Å². The fourth-order valence-electron chi connectivity index (χ4n) is 1.60. The van der Waals surface area contributed by atoms with E-state index in [-0.39, 0.29) is 5.56 Å². The predicted molar refractivity (Wildman–Crippen MR) is 66.5 cm³/mol. The van der Waals surface area contributed by atoms with Gasteiger partial charge in [0.25, 0.3) is 5.91 Å². The van der Waals surface area contributed by atoms with Crippen molar-refractivity contribution in [2.75, 3.05) is 6.61 Å². The summed E-state index contributed by atoms with van der Waals surface area (Å²) >= 11 is 0. The van der Waals surface area contributed by atoms with Crippen LogP contribution in [0.2, 0.25) is 0 Å². The Morgan fingerprint density at radius 1 is 1.24 bits per heavy atom. The van der Waals surface area contributed by atoms with E-state index in [0.29, 0.717) is 0 Å². The van der Waals surface area contributed by atoms with Crippen LogP contribution < -0.4 is 5.32 Å². The Hall–Kier alpha value is -1.93. The van der Waals surface area contributed by atoms with E-state index in [9.17, 15) is 27.9 Å². The summed E-state index contributed by atoms with van der Waals surface area (Å²) in [5, 5.41) is 20.3. The molecule has 0 aliphatic carbocycles. The number of benzene rings is 1. The van der Waals surface area contributed by atoms with Crippen molar-refractivity contribution in [3.05, 3.63) is 35.4 Å². The lowest BCUT2D eigenvalue weighted by atomic mass is 10.1. The molecule has 0 saturated heterocycles. The monoisotopic (exact) mass is 305 g/mol. The summed E-state index contributed by atoms with van der Waals surface area (Å²) in [7, 11) is 0. The summed E-state index contributed by atoms with van der Waals surface area (Å²) in [6, 6.07) is 2.06. The molecule has 0 heterocycles. The van der Waals surface area contributed by atoms with Crippen molar-refractivity contribution in [3.8, 4) is 0 Å². The number of carbonyl (C=O) groups excluding carboxylic acids is 2. The maximum atomic E-state index is 12.4. The van der Waals surface area contributed by atoms with Crippen LogP contribution in [0.3, 0.4) is 0 Å². The zero-order valence-electron chi connectivity index (χ0n) is 11.0. The Balaban J connectivity index is 2.86. The zero-order chi connectivity index (χ0) is 16.2. The number of hydrogen-bond donors (Lipinski definition) is 3. The lowest BCUT2D eigenvalue weighted by Crippen LogP contribution is -2.48. The number of carbonyl (C=O) groups is 2. The van der Waals surface area contributed by atoms with Crippen LogP contribution in [0.4, 0.5) is 13.2 Å². The standard InChI is InChI=1S/C13H14F3NO4/c1-7(19)11(10(20)6-18)17-12(21)8-2-4-9(5-3-8)13(14,15)16/h2-5,7,11,18-19H,6H2,1H3,(H,17,21)/t7-,11+/m1/s1. The molecular weight excluding hydrogens is 291 g/mol. The predicted octanol–water partition coefficient (Wildman–Crippen LogP) is 0.746. The molecule has 5 nitrogen and oxygen atoms in total. The molecule has 8 heteroatoms. The minimum Gasteiger partial charge on any atom is -0.391 e. The van der Waals surface area contributed by atoms with Gasteiger partial charge in [-0.25, -0.2) is 0 Å². The number of aliphatic hydroxyl groups excluding tert-OH is 2. The summed E-state index contributed by atoms with van der Waals surface area (Å²) in [5.41, 5.74) is -1.00. The largest absolute Gasteiger partial charge is 0.416 e. The Kier molecular flexibility index (Phi) is 5.45. The minimum absolute atomic E-state index is 0.0978. The van der Waals surface area contributed by atoms with Gasteiger partial charge in [-0.15, -0.1) is 0 Å². The van der Waals surface area contributed by atoms with Gasteiger partial charge in [0.15, 0.2) is 5.78 Å². The lowest BCUT2D eigenvalue weighted by Gasteiger charge is -2.19. The van der Waals surface area contributed by atoms with Crippen molar-refractivity contribution in [2.24, 2.45) is 0 Å². The number of hydrogen-bond acceptors (Lipinski definition) is 4. The van der Waals surface area contributed by atoms with Crippen LogP contribution in [0, 0.1) is 0 Å². The first-order valence-electron chi connectivity index (χ1n) is 5.96. The molecule has 0 aromatic heterocycles. The average molecular weight is 305 g/mol. The van der Waals surface area contributed by atoms with Crippen LogP contribution >= 0.6 is 0 Å². The molecule has 0 saturated carbocycles. The normalized spacial score (nSPS) is 14.4. The molecule has 0 unspecified atom stereocenters. The third-order valence-corrected chi connectivity index (χ3v) is 2.75. The molecule has 1 amide bonds.